The number of benzene rings is 2. The molecule has 0 fully saturated rings. The van der Waals surface area contributed by atoms with Crippen molar-refractivity contribution in [1.29, 1.82) is 0 Å². The minimum atomic E-state index is -5.61. The van der Waals surface area contributed by atoms with Crippen LogP contribution in [0.3, 0.4) is 0 Å². The number of halogens is 4. The smallest absolute Gasteiger partial charge is 0.415 e. The van der Waals surface area contributed by atoms with Crippen LogP contribution in [0.25, 0.3) is 0 Å². The average Bonchev–Trinajstić information content (AvgIpc) is 2.82. The molecule has 0 aliphatic heterocycles. The van der Waals surface area contributed by atoms with Crippen molar-refractivity contribution in [2.75, 3.05) is 21.2 Å². The molecule has 0 heterocycles. The van der Waals surface area contributed by atoms with Crippen molar-refractivity contribution in [2.24, 2.45) is 0 Å². The molecule has 0 aromatic heterocycles. The minimum absolute atomic E-state index is 0.155. The number of aliphatic carboxylic acids is 1. The maximum atomic E-state index is 13.7. The Kier molecular flexibility index (Phi) is 9.69. The number of para-hydroxylation sites is 1. The average molecular weight is 516 g/mol. The Labute approximate surface area is 206 Å². The number of nitrogens with zero attached hydrogens (tertiary/aromatic N) is 1. The molecule has 1 unspecified atom stereocenters. The van der Waals surface area contributed by atoms with Gasteiger partial charge in [-0.15, -0.1) is 0 Å². The van der Waals surface area contributed by atoms with E-state index in [9.17, 15) is 27.2 Å². The Morgan fingerprint density at radius 1 is 1.00 bits per heavy atom. The molecule has 2 rings (SSSR count). The summed E-state index contributed by atoms with van der Waals surface area (Å²) in [5.74, 6) is -15.6. The van der Waals surface area contributed by atoms with Crippen LogP contribution in [0, 0.1) is 0 Å². The maximum Gasteiger partial charge on any atom is 0.415 e. The molecule has 0 bridgehead atoms. The summed E-state index contributed by atoms with van der Waals surface area (Å²) < 4.78 is 69.8. The molecule has 0 amide bonds. The highest BCUT2D eigenvalue weighted by Gasteiger charge is 2.68. The number of alkyl halides is 4. The van der Waals surface area contributed by atoms with Crippen molar-refractivity contribution in [3.05, 3.63) is 59.7 Å². The molecule has 11 heteroatoms. The maximum absolute atomic E-state index is 13.7. The zero-order valence-electron chi connectivity index (χ0n) is 20.3. The van der Waals surface area contributed by atoms with Gasteiger partial charge in [-0.25, -0.2) is 9.59 Å². The van der Waals surface area contributed by atoms with Crippen molar-refractivity contribution in [1.82, 2.24) is 4.90 Å². The largest absolute Gasteiger partial charge is 0.497 e. The number of esters is 1. The topological polar surface area (TPSA) is 85.3 Å². The molecule has 1 N–H and O–H groups in total. The highest BCUT2D eigenvalue weighted by Crippen LogP contribution is 2.36. The molecule has 7 nitrogen and oxygen atoms in total. The zero-order chi connectivity index (χ0) is 27.1. The quantitative estimate of drug-likeness (QED) is 0.240. The predicted molar refractivity (Wildman–Crippen MR) is 123 cm³/mol. The molecule has 0 spiro atoms. The highest BCUT2D eigenvalue weighted by molar-refractivity contribution is 5.89. The summed E-state index contributed by atoms with van der Waals surface area (Å²) in [6.45, 7) is 1.22. The van der Waals surface area contributed by atoms with Crippen molar-refractivity contribution in [2.45, 2.75) is 50.4 Å². The predicted octanol–water partition coefficient (Wildman–Crippen LogP) is 4.42. The summed E-state index contributed by atoms with van der Waals surface area (Å²) in [6.07, 6.45) is -0.920. The summed E-state index contributed by atoms with van der Waals surface area (Å²) in [7, 11) is 4.87. The Balaban J connectivity index is 2.09. The monoisotopic (exact) mass is 515 g/mol. The SMILES string of the molecule is COc1cccc(CCc2ccccc2O[C@@H](CC(C)OC(=O)C(F)(F)C(F)(F)C(=O)O)N(C)C)c1. The number of ether oxygens (including phenoxy) is 3. The van der Waals surface area contributed by atoms with E-state index < -0.39 is 36.1 Å². The van der Waals surface area contributed by atoms with Gasteiger partial charge in [-0.1, -0.05) is 30.3 Å². The summed E-state index contributed by atoms with van der Waals surface area (Å²) >= 11 is 0. The van der Waals surface area contributed by atoms with Gasteiger partial charge in [-0.05, 0) is 63.2 Å². The lowest BCUT2D eigenvalue weighted by atomic mass is 10.0. The second-order valence-electron chi connectivity index (χ2n) is 8.40. The molecular weight excluding hydrogens is 486 g/mol. The van der Waals surface area contributed by atoms with Gasteiger partial charge in [0.05, 0.1) is 7.11 Å². The van der Waals surface area contributed by atoms with Crippen LogP contribution < -0.4 is 9.47 Å². The van der Waals surface area contributed by atoms with E-state index >= 15 is 0 Å². The number of hydrogen-bond donors (Lipinski definition) is 1. The van der Waals surface area contributed by atoms with Crippen molar-refractivity contribution >= 4 is 11.9 Å². The number of aryl methyl sites for hydroxylation is 2. The van der Waals surface area contributed by atoms with Crippen LogP contribution in [0.2, 0.25) is 0 Å². The molecule has 0 saturated heterocycles. The highest BCUT2D eigenvalue weighted by atomic mass is 19.3. The van der Waals surface area contributed by atoms with Crippen LogP contribution in [0.4, 0.5) is 17.6 Å². The second-order valence-corrected chi connectivity index (χ2v) is 8.40. The van der Waals surface area contributed by atoms with Crippen LogP contribution in [0.15, 0.2) is 48.5 Å². The third-order valence-corrected chi connectivity index (χ3v) is 5.39. The lowest BCUT2D eigenvalue weighted by Gasteiger charge is -2.29. The molecule has 198 valence electrons. The molecule has 0 aliphatic rings. The van der Waals surface area contributed by atoms with E-state index in [1.807, 2.05) is 36.4 Å². The van der Waals surface area contributed by atoms with E-state index in [1.165, 1.54) is 6.92 Å². The molecule has 0 saturated carbocycles. The van der Waals surface area contributed by atoms with Crippen LogP contribution in [-0.2, 0) is 27.2 Å². The first-order valence-corrected chi connectivity index (χ1v) is 11.0. The summed E-state index contributed by atoms with van der Waals surface area (Å²) in [6, 6.07) is 14.8. The van der Waals surface area contributed by atoms with E-state index in [0.717, 1.165) is 16.9 Å². The summed E-state index contributed by atoms with van der Waals surface area (Å²) in [4.78, 5) is 23.7. The number of carboxylic acid groups (broad SMARTS) is 1. The summed E-state index contributed by atoms with van der Waals surface area (Å²) in [5.41, 5.74) is 1.91. The van der Waals surface area contributed by atoms with Gasteiger partial charge in [-0.3, -0.25) is 4.90 Å². The van der Waals surface area contributed by atoms with E-state index in [4.69, 9.17) is 14.6 Å². The fraction of sp³-hybridized carbons (Fsp3) is 0.440. The van der Waals surface area contributed by atoms with Crippen LogP contribution in [-0.4, -0.2) is 67.3 Å². The molecule has 0 radical (unpaired) electrons. The number of carboxylic acids is 1. The lowest BCUT2D eigenvalue weighted by Crippen LogP contribution is -2.53. The number of rotatable bonds is 13. The van der Waals surface area contributed by atoms with Crippen molar-refractivity contribution in [3.63, 3.8) is 0 Å². The fourth-order valence-corrected chi connectivity index (χ4v) is 3.29. The first-order chi connectivity index (χ1) is 16.8. The lowest BCUT2D eigenvalue weighted by molar-refractivity contribution is -0.237. The van der Waals surface area contributed by atoms with Gasteiger partial charge in [0.25, 0.3) is 0 Å². The molecule has 2 aromatic carbocycles. The van der Waals surface area contributed by atoms with Gasteiger partial charge in [0.1, 0.15) is 17.6 Å². The van der Waals surface area contributed by atoms with Gasteiger partial charge < -0.3 is 19.3 Å². The van der Waals surface area contributed by atoms with E-state index in [-0.39, 0.29) is 6.42 Å². The Morgan fingerprint density at radius 3 is 2.28 bits per heavy atom. The molecule has 36 heavy (non-hydrogen) atoms. The minimum Gasteiger partial charge on any atom is -0.497 e. The van der Waals surface area contributed by atoms with E-state index in [1.54, 1.807) is 38.2 Å². The zero-order valence-corrected chi connectivity index (χ0v) is 20.3. The van der Waals surface area contributed by atoms with Gasteiger partial charge in [0.2, 0.25) is 0 Å². The number of carbonyl (C=O) groups is 2. The van der Waals surface area contributed by atoms with Crippen LogP contribution >= 0.6 is 0 Å². The normalized spacial score (nSPS) is 13.7. The third-order valence-electron chi connectivity index (χ3n) is 5.39. The van der Waals surface area contributed by atoms with Crippen LogP contribution in [0.1, 0.15) is 24.5 Å². The molecule has 2 aromatic rings. The van der Waals surface area contributed by atoms with Crippen LogP contribution in [0.5, 0.6) is 11.5 Å². The van der Waals surface area contributed by atoms with E-state index in [0.29, 0.717) is 18.6 Å². The number of methoxy groups -OCH3 is 1. The summed E-state index contributed by atoms with van der Waals surface area (Å²) in [5, 5.41) is 8.34. The standard InChI is InChI=1S/C25H29F4NO6/c1-16(35-23(33)25(28,29)24(26,27)22(31)32)14-21(30(2)3)36-20-11-6-5-9-18(20)13-12-17-8-7-10-19(15-17)34-4/h5-11,15-16,21H,12-14H2,1-4H3,(H,31,32)/t16?,21-/m0/s1. The number of hydrogen-bond acceptors (Lipinski definition) is 6. The fourth-order valence-electron chi connectivity index (χ4n) is 3.29. The van der Waals surface area contributed by atoms with Gasteiger partial charge >= 0.3 is 23.8 Å². The Morgan fingerprint density at radius 2 is 1.67 bits per heavy atom. The Bertz CT molecular complexity index is 1050. The molecular formula is C25H29F4NO6. The first-order valence-electron chi connectivity index (χ1n) is 11.0. The van der Waals surface area contributed by atoms with E-state index in [2.05, 4.69) is 4.74 Å². The number of carbonyl (C=O) groups excluding carboxylic acids is 1. The van der Waals surface area contributed by atoms with Gasteiger partial charge in [0.15, 0.2) is 6.23 Å². The van der Waals surface area contributed by atoms with Gasteiger partial charge in [0, 0.05) is 6.42 Å². The first kappa shape index (κ1) is 28.9. The molecule has 2 atom stereocenters. The van der Waals surface area contributed by atoms with Gasteiger partial charge in [-0.2, -0.15) is 17.6 Å². The second kappa shape index (κ2) is 12.1. The van der Waals surface area contributed by atoms with Crippen molar-refractivity contribution < 1.29 is 46.5 Å². The molecule has 0 aliphatic carbocycles. The third kappa shape index (κ3) is 7.09. The Hall–Kier alpha value is -3.34. The van der Waals surface area contributed by atoms with Crippen molar-refractivity contribution in [3.8, 4) is 11.5 Å².